The first-order chi connectivity index (χ1) is 6.59. The van der Waals surface area contributed by atoms with E-state index in [1.165, 1.54) is 6.07 Å². The van der Waals surface area contributed by atoms with Crippen molar-refractivity contribution in [3.05, 3.63) is 22.8 Å². The van der Waals surface area contributed by atoms with Gasteiger partial charge in [-0.25, -0.2) is 4.99 Å². The Balaban J connectivity index is 2.93. The van der Waals surface area contributed by atoms with Crippen molar-refractivity contribution in [1.29, 1.82) is 0 Å². The molecule has 0 saturated carbocycles. The van der Waals surface area contributed by atoms with Crippen LogP contribution >= 0.6 is 0 Å². The second kappa shape index (κ2) is 2.63. The monoisotopic (exact) mass is 192 g/mol. The Morgan fingerprint density at radius 1 is 1.00 bits per heavy atom. The molecule has 1 aliphatic heterocycles. The Hall–Kier alpha value is -2.24. The summed E-state index contributed by atoms with van der Waals surface area (Å²) in [4.78, 5) is 28.3. The van der Waals surface area contributed by atoms with Crippen LogP contribution in [0, 0.1) is 0 Å². The van der Waals surface area contributed by atoms with Crippen molar-refractivity contribution in [1.82, 2.24) is 0 Å². The first-order valence-electron chi connectivity index (χ1n) is 3.66. The number of hydrogen-bond acceptors (Lipinski definition) is 4. The number of nitrogens with zero attached hydrogens (tertiary/aromatic N) is 2. The minimum Gasteiger partial charge on any atom is -0.504 e. The zero-order chi connectivity index (χ0) is 10.3. The van der Waals surface area contributed by atoms with Gasteiger partial charge in [0.25, 0.3) is 0 Å². The van der Waals surface area contributed by atoms with Crippen LogP contribution in [0.25, 0.3) is 0 Å². The third kappa shape index (κ3) is 1.05. The summed E-state index contributed by atoms with van der Waals surface area (Å²) in [6.07, 6.45) is 0. The number of hydrogen-bond donors (Lipinski definition) is 2. The fourth-order valence-electron chi connectivity index (χ4n) is 1.07. The van der Waals surface area contributed by atoms with E-state index in [0.29, 0.717) is 0 Å². The van der Waals surface area contributed by atoms with Gasteiger partial charge in [0.05, 0.1) is 5.36 Å². The molecule has 6 nitrogen and oxygen atoms in total. The van der Waals surface area contributed by atoms with Gasteiger partial charge in [-0.05, 0) is 12.1 Å². The summed E-state index contributed by atoms with van der Waals surface area (Å²) >= 11 is 0. The smallest absolute Gasteiger partial charge is 0.338 e. The molecule has 0 aliphatic carbocycles. The van der Waals surface area contributed by atoms with Gasteiger partial charge in [0.15, 0.2) is 11.5 Å². The molecule has 6 heteroatoms. The minimum absolute atomic E-state index is 0.0740. The van der Waals surface area contributed by atoms with Crippen LogP contribution in [0.4, 0.5) is 0 Å². The largest absolute Gasteiger partial charge is 0.504 e. The van der Waals surface area contributed by atoms with E-state index in [4.69, 9.17) is 5.11 Å². The van der Waals surface area contributed by atoms with E-state index in [0.717, 1.165) is 6.07 Å². The number of amides is 2. The lowest BCUT2D eigenvalue weighted by Gasteiger charge is -2.00. The molecule has 1 aromatic carbocycles. The molecule has 0 atom stereocenters. The fourth-order valence-corrected chi connectivity index (χ4v) is 1.07. The van der Waals surface area contributed by atoms with E-state index in [1.807, 2.05) is 0 Å². The third-order valence-corrected chi connectivity index (χ3v) is 1.73. The van der Waals surface area contributed by atoms with Crippen molar-refractivity contribution in [2.24, 2.45) is 9.98 Å². The van der Waals surface area contributed by atoms with E-state index in [2.05, 4.69) is 9.98 Å². The lowest BCUT2D eigenvalue weighted by Crippen LogP contribution is -2.34. The summed E-state index contributed by atoms with van der Waals surface area (Å²) in [5, 5.41) is 18.3. The van der Waals surface area contributed by atoms with Gasteiger partial charge in [0.2, 0.25) is 0 Å². The molecule has 0 fully saturated rings. The molecule has 70 valence electrons. The lowest BCUT2D eigenvalue weighted by atomic mass is 10.2. The molecular weight excluding hydrogens is 188 g/mol. The fraction of sp³-hybridized carbons (Fsp3) is 0. The molecule has 2 rings (SSSR count). The normalized spacial score (nSPS) is 14.3. The van der Waals surface area contributed by atoms with Crippen LogP contribution in [0.3, 0.4) is 0 Å². The zero-order valence-corrected chi connectivity index (χ0v) is 6.76. The lowest BCUT2D eigenvalue weighted by molar-refractivity contribution is -0.135. The summed E-state index contributed by atoms with van der Waals surface area (Å²) in [5.74, 6) is -3.00. The number of aromatic hydroxyl groups is 2. The SMILES string of the molecule is O=C1N=c2ccc(O)c(O)c2=NC1=O. The molecule has 2 N–H and O–H groups in total. The molecule has 0 bridgehead atoms. The number of rotatable bonds is 0. The highest BCUT2D eigenvalue weighted by atomic mass is 16.3. The molecule has 0 aromatic heterocycles. The van der Waals surface area contributed by atoms with Gasteiger partial charge in [0.1, 0.15) is 5.36 Å². The van der Waals surface area contributed by atoms with Crippen molar-refractivity contribution in [3.8, 4) is 11.5 Å². The van der Waals surface area contributed by atoms with Crippen LogP contribution in [0.1, 0.15) is 0 Å². The van der Waals surface area contributed by atoms with E-state index < -0.39 is 23.3 Å². The van der Waals surface area contributed by atoms with E-state index >= 15 is 0 Å². The number of carbonyl (C=O) groups excluding carboxylic acids is 2. The van der Waals surface area contributed by atoms with Gasteiger partial charge in [-0.1, -0.05) is 0 Å². The van der Waals surface area contributed by atoms with Crippen molar-refractivity contribution < 1.29 is 19.8 Å². The van der Waals surface area contributed by atoms with Crippen LogP contribution in [0.15, 0.2) is 22.1 Å². The minimum atomic E-state index is -1.06. The Labute approximate surface area is 76.9 Å². The topological polar surface area (TPSA) is 99.3 Å². The molecule has 0 radical (unpaired) electrons. The van der Waals surface area contributed by atoms with Crippen LogP contribution in [0.5, 0.6) is 11.5 Å². The predicted molar refractivity (Wildman–Crippen MR) is 42.1 cm³/mol. The van der Waals surface area contributed by atoms with Crippen LogP contribution in [-0.2, 0) is 9.59 Å². The Morgan fingerprint density at radius 2 is 1.64 bits per heavy atom. The Bertz CT molecular complexity index is 561. The quantitative estimate of drug-likeness (QED) is 0.382. The van der Waals surface area contributed by atoms with Crippen LogP contribution in [0.2, 0.25) is 0 Å². The highest BCUT2D eigenvalue weighted by Crippen LogP contribution is 2.16. The first-order valence-corrected chi connectivity index (χ1v) is 3.66. The summed E-state index contributed by atoms with van der Waals surface area (Å²) in [6.45, 7) is 0. The standard InChI is InChI=1S/C8H4N2O4/c11-4-2-1-3-5(6(4)12)10-8(14)7(13)9-3/h1-2,11-12H. The first kappa shape index (κ1) is 8.36. The van der Waals surface area contributed by atoms with E-state index in [-0.39, 0.29) is 10.7 Å². The Morgan fingerprint density at radius 3 is 2.36 bits per heavy atom. The van der Waals surface area contributed by atoms with E-state index in [1.54, 1.807) is 0 Å². The molecule has 1 aromatic rings. The second-order valence-corrected chi connectivity index (χ2v) is 2.63. The summed E-state index contributed by atoms with van der Waals surface area (Å²) in [5.41, 5.74) is 0. The molecule has 0 spiro atoms. The average Bonchev–Trinajstić information content (AvgIpc) is 2.15. The Kier molecular flexibility index (Phi) is 1.57. The van der Waals surface area contributed by atoms with Gasteiger partial charge in [-0.15, -0.1) is 0 Å². The average molecular weight is 192 g/mol. The van der Waals surface area contributed by atoms with E-state index in [9.17, 15) is 14.7 Å². The summed E-state index contributed by atoms with van der Waals surface area (Å²) in [7, 11) is 0. The van der Waals surface area contributed by atoms with Crippen molar-refractivity contribution in [2.75, 3.05) is 0 Å². The third-order valence-electron chi connectivity index (χ3n) is 1.73. The van der Waals surface area contributed by atoms with Gasteiger partial charge in [0, 0.05) is 0 Å². The molecule has 2 amide bonds. The molecule has 14 heavy (non-hydrogen) atoms. The number of phenolic OH excluding ortho intramolecular Hbond substituents is 2. The predicted octanol–water partition coefficient (Wildman–Crippen LogP) is -1.60. The summed E-state index contributed by atoms with van der Waals surface area (Å²) < 4.78 is 0. The van der Waals surface area contributed by atoms with Gasteiger partial charge >= 0.3 is 11.8 Å². The van der Waals surface area contributed by atoms with Crippen molar-refractivity contribution in [3.63, 3.8) is 0 Å². The molecule has 1 heterocycles. The van der Waals surface area contributed by atoms with Gasteiger partial charge in [-0.3, -0.25) is 9.59 Å². The van der Waals surface area contributed by atoms with Crippen LogP contribution in [-0.4, -0.2) is 22.0 Å². The number of fused-ring (bicyclic) bond motifs is 1. The molecular formula is C8H4N2O4. The number of benzene rings is 1. The molecule has 1 aliphatic rings. The summed E-state index contributed by atoms with van der Waals surface area (Å²) in [6, 6.07) is 2.45. The van der Waals surface area contributed by atoms with Gasteiger partial charge < -0.3 is 10.2 Å². The molecule has 0 saturated heterocycles. The van der Waals surface area contributed by atoms with Crippen molar-refractivity contribution in [2.45, 2.75) is 0 Å². The molecule has 0 unspecified atom stereocenters. The highest BCUT2D eigenvalue weighted by Gasteiger charge is 2.17. The zero-order valence-electron chi connectivity index (χ0n) is 6.76. The maximum absolute atomic E-state index is 10.8. The maximum atomic E-state index is 10.8. The van der Waals surface area contributed by atoms with Crippen molar-refractivity contribution >= 4 is 11.8 Å². The number of carbonyl (C=O) groups is 2. The van der Waals surface area contributed by atoms with Gasteiger partial charge in [-0.2, -0.15) is 4.99 Å². The maximum Gasteiger partial charge on any atom is 0.338 e. The highest BCUT2D eigenvalue weighted by molar-refractivity contribution is 6.36. The second-order valence-electron chi connectivity index (χ2n) is 2.63. The van der Waals surface area contributed by atoms with Crippen LogP contribution < -0.4 is 10.7 Å². The number of phenols is 2.